The van der Waals surface area contributed by atoms with Gasteiger partial charge in [0.05, 0.1) is 25.7 Å². The lowest BCUT2D eigenvalue weighted by atomic mass is 10.0. The predicted molar refractivity (Wildman–Crippen MR) is 99.1 cm³/mol. The van der Waals surface area contributed by atoms with Crippen molar-refractivity contribution < 1.29 is 24.2 Å². The molecular formula is C19H26ClNO5. The average Bonchev–Trinajstić information content (AvgIpc) is 2.65. The third-order valence-electron chi connectivity index (χ3n) is 4.25. The molecule has 1 N–H and O–H groups in total. The second-order valence-corrected chi connectivity index (χ2v) is 6.58. The zero-order valence-corrected chi connectivity index (χ0v) is 16.2. The van der Waals surface area contributed by atoms with E-state index in [-0.39, 0.29) is 37.7 Å². The van der Waals surface area contributed by atoms with Crippen molar-refractivity contribution >= 4 is 29.3 Å². The van der Waals surface area contributed by atoms with Gasteiger partial charge < -0.3 is 14.7 Å². The molecule has 144 valence electrons. The molecule has 0 fully saturated rings. The van der Waals surface area contributed by atoms with E-state index in [2.05, 4.69) is 0 Å². The highest BCUT2D eigenvalue weighted by Crippen LogP contribution is 2.15. The molecule has 1 aromatic rings. The van der Waals surface area contributed by atoms with Crippen LogP contribution in [0.2, 0.25) is 5.02 Å². The Morgan fingerprint density at radius 3 is 2.31 bits per heavy atom. The third kappa shape index (κ3) is 6.42. The molecule has 0 aliphatic rings. The smallest absolute Gasteiger partial charge is 0.310 e. The zero-order valence-electron chi connectivity index (χ0n) is 15.4. The molecule has 0 aliphatic carbocycles. The summed E-state index contributed by atoms with van der Waals surface area (Å²) in [6.45, 7) is 3.44. The lowest BCUT2D eigenvalue weighted by molar-refractivity contribution is -0.147. The molecule has 7 heteroatoms. The molecule has 26 heavy (non-hydrogen) atoms. The molecule has 0 saturated carbocycles. The Morgan fingerprint density at radius 1 is 1.19 bits per heavy atom. The summed E-state index contributed by atoms with van der Waals surface area (Å²) in [5, 5.41) is 10.1. The maximum Gasteiger partial charge on any atom is 0.310 e. The molecule has 1 aromatic carbocycles. The van der Waals surface area contributed by atoms with Gasteiger partial charge in [-0.25, -0.2) is 0 Å². The van der Waals surface area contributed by atoms with E-state index < -0.39 is 17.9 Å². The molecule has 0 heterocycles. The number of methoxy groups -OCH3 is 1. The molecule has 0 bridgehead atoms. The van der Waals surface area contributed by atoms with Crippen molar-refractivity contribution in [2.75, 3.05) is 20.3 Å². The van der Waals surface area contributed by atoms with Crippen LogP contribution >= 0.6 is 11.6 Å². The number of Topliss-reactive ketones (excluding diaryl/α,β-unsaturated/α-hetero) is 1. The molecule has 0 spiro atoms. The monoisotopic (exact) mass is 383 g/mol. The number of nitrogens with zero attached hydrogens (tertiary/aromatic N) is 1. The predicted octanol–water partition coefficient (Wildman–Crippen LogP) is 2.71. The van der Waals surface area contributed by atoms with Crippen LogP contribution < -0.4 is 0 Å². The van der Waals surface area contributed by atoms with E-state index in [4.69, 9.17) is 16.3 Å². The molecule has 2 atom stereocenters. The summed E-state index contributed by atoms with van der Waals surface area (Å²) in [4.78, 5) is 38.0. The van der Waals surface area contributed by atoms with E-state index >= 15 is 0 Å². The van der Waals surface area contributed by atoms with E-state index in [0.29, 0.717) is 17.0 Å². The Morgan fingerprint density at radius 2 is 1.81 bits per heavy atom. The Kier molecular flexibility index (Phi) is 9.30. The van der Waals surface area contributed by atoms with Gasteiger partial charge in [-0.05, 0) is 30.7 Å². The maximum atomic E-state index is 12.6. The van der Waals surface area contributed by atoms with Crippen LogP contribution in [0.5, 0.6) is 0 Å². The highest BCUT2D eigenvalue weighted by molar-refractivity contribution is 6.30. The largest absolute Gasteiger partial charge is 0.469 e. The van der Waals surface area contributed by atoms with Crippen molar-refractivity contribution in [1.82, 2.24) is 4.90 Å². The van der Waals surface area contributed by atoms with Gasteiger partial charge in [0.15, 0.2) is 5.78 Å². The van der Waals surface area contributed by atoms with Crippen molar-refractivity contribution in [2.45, 2.75) is 39.2 Å². The quantitative estimate of drug-likeness (QED) is 0.496. The molecule has 0 radical (unpaired) electrons. The van der Waals surface area contributed by atoms with E-state index in [1.165, 1.54) is 12.0 Å². The lowest BCUT2D eigenvalue weighted by Gasteiger charge is -2.31. The SMILES string of the molecule is CCC(CO)N(CC(C)C(=O)OC)C(=O)CCC(=O)c1ccc(Cl)cc1. The number of aliphatic hydroxyl groups is 1. The van der Waals surface area contributed by atoms with Crippen LogP contribution in [0.3, 0.4) is 0 Å². The van der Waals surface area contributed by atoms with Crippen LogP contribution in [0, 0.1) is 5.92 Å². The first-order valence-electron chi connectivity index (χ1n) is 8.60. The first kappa shape index (κ1) is 22.1. The Bertz CT molecular complexity index is 613. The summed E-state index contributed by atoms with van der Waals surface area (Å²) in [6, 6.07) is 6.09. The molecular weight excluding hydrogens is 358 g/mol. The number of halogens is 1. The number of ketones is 1. The first-order chi connectivity index (χ1) is 12.3. The van der Waals surface area contributed by atoms with Gasteiger partial charge in [0, 0.05) is 30.0 Å². The number of carbonyl (C=O) groups excluding carboxylic acids is 3. The molecule has 0 aliphatic heterocycles. The summed E-state index contributed by atoms with van der Waals surface area (Å²) in [5.41, 5.74) is 0.492. The third-order valence-corrected chi connectivity index (χ3v) is 4.50. The van der Waals surface area contributed by atoms with Gasteiger partial charge in [-0.2, -0.15) is 0 Å². The molecule has 2 unspecified atom stereocenters. The summed E-state index contributed by atoms with van der Waals surface area (Å²) < 4.78 is 4.70. The topological polar surface area (TPSA) is 83.9 Å². The van der Waals surface area contributed by atoms with Crippen LogP contribution in [-0.4, -0.2) is 54.0 Å². The number of aliphatic hydroxyl groups excluding tert-OH is 1. The van der Waals surface area contributed by atoms with Gasteiger partial charge in [-0.15, -0.1) is 0 Å². The van der Waals surface area contributed by atoms with Crippen molar-refractivity contribution in [3.63, 3.8) is 0 Å². The van der Waals surface area contributed by atoms with Gasteiger partial charge in [-0.3, -0.25) is 14.4 Å². The van der Waals surface area contributed by atoms with Crippen LogP contribution in [0.25, 0.3) is 0 Å². The Hall–Kier alpha value is -1.92. The van der Waals surface area contributed by atoms with Crippen LogP contribution in [0.15, 0.2) is 24.3 Å². The van der Waals surface area contributed by atoms with Gasteiger partial charge in [0.2, 0.25) is 5.91 Å². The second kappa shape index (κ2) is 10.9. The Balaban J connectivity index is 2.76. The molecule has 0 saturated heterocycles. The average molecular weight is 384 g/mol. The van der Waals surface area contributed by atoms with Gasteiger partial charge in [0.1, 0.15) is 0 Å². The van der Waals surface area contributed by atoms with Crippen molar-refractivity contribution in [3.05, 3.63) is 34.9 Å². The number of hydrogen-bond donors (Lipinski definition) is 1. The van der Waals surface area contributed by atoms with Crippen molar-refractivity contribution in [3.8, 4) is 0 Å². The summed E-state index contributed by atoms with van der Waals surface area (Å²) in [5.74, 6) is -1.37. The number of carbonyl (C=O) groups is 3. The summed E-state index contributed by atoms with van der Waals surface area (Å²) in [7, 11) is 1.29. The van der Waals surface area contributed by atoms with Crippen LogP contribution in [0.4, 0.5) is 0 Å². The molecule has 6 nitrogen and oxygen atoms in total. The fourth-order valence-electron chi connectivity index (χ4n) is 2.62. The lowest BCUT2D eigenvalue weighted by Crippen LogP contribution is -2.45. The number of rotatable bonds is 10. The van der Waals surface area contributed by atoms with E-state index in [1.807, 2.05) is 6.92 Å². The maximum absolute atomic E-state index is 12.6. The number of ether oxygens (including phenoxy) is 1. The van der Waals surface area contributed by atoms with Crippen LogP contribution in [-0.2, 0) is 14.3 Å². The molecule has 0 aromatic heterocycles. The second-order valence-electron chi connectivity index (χ2n) is 6.15. The number of esters is 1. The Labute approximate surface area is 159 Å². The standard InChI is InChI=1S/C19H26ClNO5/c1-4-16(12-22)21(11-13(2)19(25)26-3)18(24)10-9-17(23)14-5-7-15(20)8-6-14/h5-8,13,16,22H,4,9-12H2,1-3H3. The van der Waals surface area contributed by atoms with Gasteiger partial charge in [-0.1, -0.05) is 25.4 Å². The minimum Gasteiger partial charge on any atom is -0.469 e. The number of benzene rings is 1. The minimum absolute atomic E-state index is 0.00581. The first-order valence-corrected chi connectivity index (χ1v) is 8.98. The highest BCUT2D eigenvalue weighted by Gasteiger charge is 2.27. The zero-order chi connectivity index (χ0) is 19.7. The summed E-state index contributed by atoms with van der Waals surface area (Å²) >= 11 is 5.80. The fraction of sp³-hybridized carbons (Fsp3) is 0.526. The number of amides is 1. The minimum atomic E-state index is -0.517. The van der Waals surface area contributed by atoms with E-state index in [0.717, 1.165) is 0 Å². The van der Waals surface area contributed by atoms with Gasteiger partial charge in [0.25, 0.3) is 0 Å². The van der Waals surface area contributed by atoms with Crippen LogP contribution in [0.1, 0.15) is 43.5 Å². The van der Waals surface area contributed by atoms with Crippen molar-refractivity contribution in [1.29, 1.82) is 0 Å². The van der Waals surface area contributed by atoms with Gasteiger partial charge >= 0.3 is 5.97 Å². The van der Waals surface area contributed by atoms with Crippen molar-refractivity contribution in [2.24, 2.45) is 5.92 Å². The molecule has 1 rings (SSSR count). The number of hydrogen-bond acceptors (Lipinski definition) is 5. The van der Waals surface area contributed by atoms with E-state index in [1.54, 1.807) is 31.2 Å². The summed E-state index contributed by atoms with van der Waals surface area (Å²) in [6.07, 6.45) is 0.596. The normalized spacial score (nSPS) is 13.0. The fourth-order valence-corrected chi connectivity index (χ4v) is 2.74. The van der Waals surface area contributed by atoms with E-state index in [9.17, 15) is 19.5 Å². The highest BCUT2D eigenvalue weighted by atomic mass is 35.5. The molecule has 1 amide bonds.